The van der Waals surface area contributed by atoms with Gasteiger partial charge in [0.2, 0.25) is 0 Å². The lowest BCUT2D eigenvalue weighted by molar-refractivity contribution is 0.469. The molecule has 0 amide bonds. The number of rotatable bonds is 4. The molecule has 1 aromatic carbocycles. The Hall–Kier alpha value is -1.39. The normalized spacial score (nSPS) is 11.2. The molecule has 21 heavy (non-hydrogen) atoms. The van der Waals surface area contributed by atoms with Crippen molar-refractivity contribution < 1.29 is 5.11 Å². The van der Waals surface area contributed by atoms with Crippen LogP contribution in [0.2, 0.25) is 10.0 Å². The zero-order valence-electron chi connectivity index (χ0n) is 12.5. The lowest BCUT2D eigenvalue weighted by atomic mass is 10.2. The predicted molar refractivity (Wildman–Crippen MR) is 87.5 cm³/mol. The van der Waals surface area contributed by atoms with Gasteiger partial charge >= 0.3 is 0 Å². The van der Waals surface area contributed by atoms with Crippen molar-refractivity contribution >= 4 is 28.9 Å². The molecule has 0 aliphatic rings. The lowest BCUT2D eigenvalue weighted by Crippen LogP contribution is -2.06. The van der Waals surface area contributed by atoms with E-state index in [9.17, 15) is 5.11 Å². The molecule has 0 fully saturated rings. The van der Waals surface area contributed by atoms with Crippen molar-refractivity contribution in [2.24, 2.45) is 0 Å². The van der Waals surface area contributed by atoms with Crippen molar-refractivity contribution in [3.05, 3.63) is 39.1 Å². The van der Waals surface area contributed by atoms with Crippen molar-refractivity contribution in [2.45, 2.75) is 40.3 Å². The number of aryl methyl sites for hydroxylation is 1. The van der Waals surface area contributed by atoms with E-state index in [1.807, 2.05) is 18.5 Å². The number of anilines is 1. The average molecular weight is 328 g/mol. The summed E-state index contributed by atoms with van der Waals surface area (Å²) in [5, 5.41) is 18.6. The number of nitrogens with one attached hydrogen (secondary N) is 1. The molecule has 0 unspecified atom stereocenters. The highest BCUT2D eigenvalue weighted by molar-refractivity contribution is 6.35. The van der Waals surface area contributed by atoms with Gasteiger partial charge in [-0.3, -0.25) is 4.68 Å². The smallest absolute Gasteiger partial charge is 0.139 e. The molecule has 0 atom stereocenters. The van der Waals surface area contributed by atoms with Crippen molar-refractivity contribution in [2.75, 3.05) is 5.32 Å². The maximum Gasteiger partial charge on any atom is 0.139 e. The lowest BCUT2D eigenvalue weighted by Gasteiger charge is -2.11. The SMILES string of the molecule is Cc1nn(C(C)C)c(C)c1NCc1cc(Cl)cc(Cl)c1O. The number of phenolic OH excluding ortho intramolecular Hbond substituents is 1. The summed E-state index contributed by atoms with van der Waals surface area (Å²) in [5.41, 5.74) is 3.62. The van der Waals surface area contributed by atoms with E-state index in [-0.39, 0.29) is 10.8 Å². The zero-order chi connectivity index (χ0) is 15.7. The Bertz CT molecular complexity index is 665. The minimum absolute atomic E-state index is 0.0557. The Kier molecular flexibility index (Phi) is 4.69. The fourth-order valence-electron chi connectivity index (χ4n) is 2.36. The van der Waals surface area contributed by atoms with E-state index >= 15 is 0 Å². The first-order valence-electron chi connectivity index (χ1n) is 6.77. The number of hydrogen-bond acceptors (Lipinski definition) is 3. The summed E-state index contributed by atoms with van der Waals surface area (Å²) in [6.07, 6.45) is 0. The number of benzene rings is 1. The molecular weight excluding hydrogens is 309 g/mol. The summed E-state index contributed by atoms with van der Waals surface area (Å²) in [6, 6.07) is 3.52. The predicted octanol–water partition coefficient (Wildman–Crippen LogP) is 4.71. The van der Waals surface area contributed by atoms with Gasteiger partial charge in [-0.15, -0.1) is 0 Å². The first-order valence-corrected chi connectivity index (χ1v) is 7.53. The largest absolute Gasteiger partial charge is 0.506 e. The van der Waals surface area contributed by atoms with E-state index in [0.717, 1.165) is 17.1 Å². The third-order valence-electron chi connectivity index (χ3n) is 3.38. The molecule has 2 aromatic rings. The second-order valence-electron chi connectivity index (χ2n) is 5.33. The monoisotopic (exact) mass is 327 g/mol. The third-order valence-corrected chi connectivity index (χ3v) is 3.88. The van der Waals surface area contributed by atoms with Crippen LogP contribution in [-0.4, -0.2) is 14.9 Å². The fraction of sp³-hybridized carbons (Fsp3) is 0.400. The highest BCUT2D eigenvalue weighted by atomic mass is 35.5. The first-order chi connectivity index (χ1) is 9.81. The summed E-state index contributed by atoms with van der Waals surface area (Å²) in [5.74, 6) is 0.0557. The molecule has 114 valence electrons. The molecule has 0 bridgehead atoms. The maximum absolute atomic E-state index is 9.98. The number of nitrogens with zero attached hydrogens (tertiary/aromatic N) is 2. The van der Waals surface area contributed by atoms with Crippen LogP contribution in [0.25, 0.3) is 0 Å². The number of aromatic nitrogens is 2. The van der Waals surface area contributed by atoms with Crippen LogP contribution in [0, 0.1) is 13.8 Å². The van der Waals surface area contributed by atoms with E-state index in [1.165, 1.54) is 6.07 Å². The van der Waals surface area contributed by atoms with Crippen LogP contribution < -0.4 is 5.32 Å². The Morgan fingerprint density at radius 2 is 1.95 bits per heavy atom. The molecule has 1 aromatic heterocycles. The summed E-state index contributed by atoms with van der Waals surface area (Å²) < 4.78 is 1.97. The zero-order valence-corrected chi connectivity index (χ0v) is 14.0. The molecule has 0 aliphatic carbocycles. The highest BCUT2D eigenvalue weighted by Gasteiger charge is 2.14. The summed E-state index contributed by atoms with van der Waals surface area (Å²) in [6.45, 7) is 8.58. The van der Waals surface area contributed by atoms with E-state index < -0.39 is 0 Å². The van der Waals surface area contributed by atoms with Gasteiger partial charge in [0.1, 0.15) is 5.75 Å². The number of aromatic hydroxyl groups is 1. The highest BCUT2D eigenvalue weighted by Crippen LogP contribution is 2.32. The fourth-order valence-corrected chi connectivity index (χ4v) is 2.89. The first kappa shape index (κ1) is 16.0. The van der Waals surface area contributed by atoms with Gasteiger partial charge in [-0.05, 0) is 39.8 Å². The molecule has 0 spiro atoms. The van der Waals surface area contributed by atoms with E-state index in [0.29, 0.717) is 23.2 Å². The molecule has 2 rings (SSSR count). The number of halogens is 2. The second kappa shape index (κ2) is 6.16. The molecule has 4 nitrogen and oxygen atoms in total. The quantitative estimate of drug-likeness (QED) is 0.855. The van der Waals surface area contributed by atoms with Crippen LogP contribution in [0.4, 0.5) is 5.69 Å². The van der Waals surface area contributed by atoms with Gasteiger partial charge < -0.3 is 10.4 Å². The van der Waals surface area contributed by atoms with Crippen LogP contribution in [0.3, 0.4) is 0 Å². The van der Waals surface area contributed by atoms with E-state index in [2.05, 4.69) is 24.3 Å². The van der Waals surface area contributed by atoms with Crippen LogP contribution in [0.15, 0.2) is 12.1 Å². The minimum atomic E-state index is 0.0557. The Morgan fingerprint density at radius 3 is 2.52 bits per heavy atom. The summed E-state index contributed by atoms with van der Waals surface area (Å²) >= 11 is 11.9. The van der Waals surface area contributed by atoms with Gasteiger partial charge in [0.25, 0.3) is 0 Å². The molecule has 0 aliphatic heterocycles. The van der Waals surface area contributed by atoms with Gasteiger partial charge in [0.05, 0.1) is 22.1 Å². The average Bonchev–Trinajstić information content (AvgIpc) is 2.68. The molecule has 0 radical (unpaired) electrons. The van der Waals surface area contributed by atoms with Crippen molar-refractivity contribution in [3.8, 4) is 5.75 Å². The molecule has 2 N–H and O–H groups in total. The summed E-state index contributed by atoms with van der Waals surface area (Å²) in [4.78, 5) is 0. The summed E-state index contributed by atoms with van der Waals surface area (Å²) in [7, 11) is 0. The molecular formula is C15H19Cl2N3O. The van der Waals surface area contributed by atoms with Gasteiger partial charge in [-0.25, -0.2) is 0 Å². The van der Waals surface area contributed by atoms with E-state index in [4.69, 9.17) is 23.2 Å². The molecule has 0 saturated carbocycles. The van der Waals surface area contributed by atoms with Gasteiger partial charge in [-0.1, -0.05) is 23.2 Å². The molecule has 0 saturated heterocycles. The number of hydrogen-bond donors (Lipinski definition) is 2. The molecule has 6 heteroatoms. The topological polar surface area (TPSA) is 50.1 Å². The van der Waals surface area contributed by atoms with Crippen LogP contribution in [0.5, 0.6) is 5.75 Å². The minimum Gasteiger partial charge on any atom is -0.506 e. The van der Waals surface area contributed by atoms with Crippen LogP contribution in [0.1, 0.15) is 36.8 Å². The Labute approximate surface area is 134 Å². The van der Waals surface area contributed by atoms with Crippen molar-refractivity contribution in [1.29, 1.82) is 0 Å². The number of phenols is 1. The Morgan fingerprint density at radius 1 is 1.29 bits per heavy atom. The Balaban J connectivity index is 2.25. The maximum atomic E-state index is 9.98. The van der Waals surface area contributed by atoms with Gasteiger partial charge in [0.15, 0.2) is 0 Å². The van der Waals surface area contributed by atoms with Crippen LogP contribution >= 0.6 is 23.2 Å². The van der Waals surface area contributed by atoms with Crippen molar-refractivity contribution in [1.82, 2.24) is 9.78 Å². The van der Waals surface area contributed by atoms with Gasteiger partial charge in [0, 0.05) is 23.2 Å². The second-order valence-corrected chi connectivity index (χ2v) is 6.18. The van der Waals surface area contributed by atoms with Crippen molar-refractivity contribution in [3.63, 3.8) is 0 Å². The van der Waals surface area contributed by atoms with Crippen LogP contribution in [-0.2, 0) is 6.54 Å². The van der Waals surface area contributed by atoms with E-state index in [1.54, 1.807) is 6.07 Å². The third kappa shape index (κ3) is 3.27. The standard InChI is InChI=1S/C15H19Cl2N3O/c1-8(2)20-10(4)14(9(3)19-20)18-7-11-5-12(16)6-13(17)15(11)21/h5-6,8,18,21H,7H2,1-4H3. The van der Waals surface area contributed by atoms with Gasteiger partial charge in [-0.2, -0.15) is 5.10 Å². The molecule has 1 heterocycles.